The van der Waals surface area contributed by atoms with E-state index in [1.165, 1.54) is 6.42 Å². The van der Waals surface area contributed by atoms with Crippen LogP contribution in [0.15, 0.2) is 30.3 Å². The highest BCUT2D eigenvalue weighted by molar-refractivity contribution is 5.21. The van der Waals surface area contributed by atoms with Crippen LogP contribution in [0, 0.1) is 6.42 Å². The number of ether oxygens (including phenoxy) is 1. The van der Waals surface area contributed by atoms with Crippen LogP contribution in [-0.4, -0.2) is 12.5 Å². The summed E-state index contributed by atoms with van der Waals surface area (Å²) in [5.41, 5.74) is 0. The van der Waals surface area contributed by atoms with E-state index in [0.29, 0.717) is 5.75 Å². The van der Waals surface area contributed by atoms with Gasteiger partial charge in [0.05, 0.1) is 6.10 Å². The summed E-state index contributed by atoms with van der Waals surface area (Å²) in [5, 5.41) is 0. The number of halogens is 2. The molecule has 1 radical (unpaired) electrons. The lowest BCUT2D eigenvalue weighted by Gasteiger charge is -2.13. The molecule has 0 spiro atoms. The molecule has 0 saturated heterocycles. The molecule has 0 aliphatic rings. The van der Waals surface area contributed by atoms with Crippen LogP contribution >= 0.6 is 0 Å². The molecule has 0 bridgehead atoms. The Bertz CT molecular complexity index is 249. The fourth-order valence-corrected chi connectivity index (χ4v) is 1.06. The van der Waals surface area contributed by atoms with Gasteiger partial charge in [-0.3, -0.25) is 0 Å². The van der Waals surface area contributed by atoms with Crippen LogP contribution in [0.1, 0.15) is 13.3 Å². The monoisotopic (exact) mass is 199 g/mol. The van der Waals surface area contributed by atoms with Crippen LogP contribution < -0.4 is 4.74 Å². The second-order valence-electron chi connectivity index (χ2n) is 3.00. The Kier molecular flexibility index (Phi) is 4.36. The third kappa shape index (κ3) is 4.21. The van der Waals surface area contributed by atoms with Gasteiger partial charge in [0.25, 0.3) is 0 Å². The second-order valence-corrected chi connectivity index (χ2v) is 3.00. The van der Waals surface area contributed by atoms with Crippen molar-refractivity contribution in [2.24, 2.45) is 0 Å². The molecule has 1 unspecified atom stereocenters. The highest BCUT2D eigenvalue weighted by Crippen LogP contribution is 2.14. The molecule has 1 aromatic rings. The van der Waals surface area contributed by atoms with Crippen LogP contribution in [0.5, 0.6) is 5.75 Å². The Morgan fingerprint density at radius 2 is 1.93 bits per heavy atom. The van der Waals surface area contributed by atoms with Gasteiger partial charge in [0.1, 0.15) is 5.75 Å². The van der Waals surface area contributed by atoms with Crippen LogP contribution in [0.3, 0.4) is 0 Å². The predicted octanol–water partition coefficient (Wildman–Crippen LogP) is 3.31. The van der Waals surface area contributed by atoms with E-state index >= 15 is 0 Å². The van der Waals surface area contributed by atoms with Crippen molar-refractivity contribution in [3.63, 3.8) is 0 Å². The molecule has 1 rings (SSSR count). The van der Waals surface area contributed by atoms with Crippen molar-refractivity contribution in [2.75, 3.05) is 0 Å². The molecule has 1 atom stereocenters. The first-order chi connectivity index (χ1) is 6.68. The average Bonchev–Trinajstić information content (AvgIpc) is 2.16. The maximum atomic E-state index is 11.8. The lowest BCUT2D eigenvalue weighted by molar-refractivity contribution is 0.135. The molecule has 1 aromatic carbocycles. The Hall–Kier alpha value is -1.12. The molecule has 0 aliphatic heterocycles. The fraction of sp³-hybridized carbons (Fsp3) is 0.364. The van der Waals surface area contributed by atoms with Gasteiger partial charge in [-0.2, -0.15) is 0 Å². The van der Waals surface area contributed by atoms with Crippen molar-refractivity contribution < 1.29 is 13.5 Å². The third-order valence-electron chi connectivity index (χ3n) is 1.71. The van der Waals surface area contributed by atoms with Crippen LogP contribution in [0.25, 0.3) is 0 Å². The zero-order valence-electron chi connectivity index (χ0n) is 7.99. The average molecular weight is 199 g/mol. The molecule has 14 heavy (non-hydrogen) atoms. The lowest BCUT2D eigenvalue weighted by Crippen LogP contribution is -2.13. The van der Waals surface area contributed by atoms with E-state index in [4.69, 9.17) is 4.74 Å². The number of rotatable bonds is 5. The number of hydrogen-bond acceptors (Lipinski definition) is 1. The Labute approximate surface area is 82.7 Å². The second kappa shape index (κ2) is 5.58. The molecule has 0 N–H and O–H groups in total. The van der Waals surface area contributed by atoms with Crippen molar-refractivity contribution in [2.45, 2.75) is 25.9 Å². The number of benzene rings is 1. The van der Waals surface area contributed by atoms with Gasteiger partial charge >= 0.3 is 0 Å². The molecular weight excluding hydrogens is 186 g/mol. The van der Waals surface area contributed by atoms with Gasteiger partial charge in [-0.15, -0.1) is 0 Å². The Morgan fingerprint density at radius 3 is 2.50 bits per heavy atom. The zero-order valence-corrected chi connectivity index (χ0v) is 7.99. The standard InChI is InChI=1S/C11H13F2O/c1-9(7-8-11(12)13)14-10-5-3-2-4-6-10/h2-7,9,11H,8H2,1H3. The van der Waals surface area contributed by atoms with Gasteiger partial charge < -0.3 is 4.74 Å². The summed E-state index contributed by atoms with van der Waals surface area (Å²) in [6.07, 6.45) is -1.34. The minimum atomic E-state index is -2.29. The largest absolute Gasteiger partial charge is 0.490 e. The molecule has 0 aromatic heterocycles. The molecule has 0 fully saturated rings. The summed E-state index contributed by atoms with van der Waals surface area (Å²) < 4.78 is 29.1. The molecular formula is C11H13F2O. The van der Waals surface area contributed by atoms with Gasteiger partial charge in [-0.25, -0.2) is 8.78 Å². The van der Waals surface area contributed by atoms with E-state index in [0.717, 1.165) is 0 Å². The van der Waals surface area contributed by atoms with E-state index in [2.05, 4.69) is 0 Å². The smallest absolute Gasteiger partial charge is 0.239 e. The van der Waals surface area contributed by atoms with Crippen LogP contribution in [-0.2, 0) is 0 Å². The van der Waals surface area contributed by atoms with E-state index in [9.17, 15) is 8.78 Å². The lowest BCUT2D eigenvalue weighted by atomic mass is 10.2. The normalized spacial score (nSPS) is 12.9. The first-order valence-corrected chi connectivity index (χ1v) is 4.51. The molecule has 0 aliphatic carbocycles. The summed E-state index contributed by atoms with van der Waals surface area (Å²) in [5.74, 6) is 0.700. The van der Waals surface area contributed by atoms with E-state index in [-0.39, 0.29) is 12.5 Å². The maximum Gasteiger partial charge on any atom is 0.239 e. The molecule has 0 saturated carbocycles. The highest BCUT2D eigenvalue weighted by atomic mass is 19.3. The topological polar surface area (TPSA) is 9.23 Å². The summed E-state index contributed by atoms with van der Waals surface area (Å²) in [4.78, 5) is 0. The van der Waals surface area contributed by atoms with Crippen molar-refractivity contribution >= 4 is 0 Å². The minimum absolute atomic E-state index is 0.228. The highest BCUT2D eigenvalue weighted by Gasteiger charge is 2.08. The summed E-state index contributed by atoms with van der Waals surface area (Å²) in [6.45, 7) is 1.75. The molecule has 3 heteroatoms. The van der Waals surface area contributed by atoms with E-state index < -0.39 is 6.43 Å². The molecule has 0 amide bonds. The summed E-state index contributed by atoms with van der Waals surface area (Å²) in [7, 11) is 0. The van der Waals surface area contributed by atoms with Crippen molar-refractivity contribution in [1.29, 1.82) is 0 Å². The Balaban J connectivity index is 2.30. The van der Waals surface area contributed by atoms with Gasteiger partial charge in [-0.1, -0.05) is 18.2 Å². The van der Waals surface area contributed by atoms with E-state index in [1.807, 2.05) is 18.2 Å². The fourth-order valence-electron chi connectivity index (χ4n) is 1.06. The molecule has 77 valence electrons. The van der Waals surface area contributed by atoms with Crippen molar-refractivity contribution in [3.8, 4) is 5.75 Å². The first kappa shape index (κ1) is 11.0. The van der Waals surface area contributed by atoms with Gasteiger partial charge in [0, 0.05) is 12.8 Å². The summed E-state index contributed by atoms with van der Waals surface area (Å²) in [6, 6.07) is 9.16. The zero-order chi connectivity index (χ0) is 10.4. The first-order valence-electron chi connectivity index (χ1n) is 4.51. The number of alkyl halides is 2. The summed E-state index contributed by atoms with van der Waals surface area (Å²) >= 11 is 0. The van der Waals surface area contributed by atoms with Crippen LogP contribution in [0.2, 0.25) is 0 Å². The van der Waals surface area contributed by atoms with Crippen molar-refractivity contribution in [1.82, 2.24) is 0 Å². The third-order valence-corrected chi connectivity index (χ3v) is 1.71. The van der Waals surface area contributed by atoms with Crippen LogP contribution in [0.4, 0.5) is 8.78 Å². The van der Waals surface area contributed by atoms with Crippen molar-refractivity contribution in [3.05, 3.63) is 36.8 Å². The molecule has 1 nitrogen and oxygen atoms in total. The number of hydrogen-bond donors (Lipinski definition) is 0. The predicted molar refractivity (Wildman–Crippen MR) is 51.5 cm³/mol. The van der Waals surface area contributed by atoms with Gasteiger partial charge in [0.15, 0.2) is 0 Å². The van der Waals surface area contributed by atoms with Gasteiger partial charge in [-0.05, 0) is 19.1 Å². The Morgan fingerprint density at radius 1 is 1.29 bits per heavy atom. The number of para-hydroxylation sites is 1. The SMILES string of the molecule is CC([CH]CC(F)F)Oc1ccccc1. The quantitative estimate of drug-likeness (QED) is 0.706. The maximum absolute atomic E-state index is 11.8. The molecule has 0 heterocycles. The minimum Gasteiger partial charge on any atom is -0.490 e. The van der Waals surface area contributed by atoms with Gasteiger partial charge in [0.2, 0.25) is 6.43 Å². The van der Waals surface area contributed by atoms with E-state index in [1.54, 1.807) is 19.1 Å².